The zero-order valence-corrected chi connectivity index (χ0v) is 20.6. The molecule has 0 spiro atoms. The molecule has 36 heavy (non-hydrogen) atoms. The maximum Gasteiger partial charge on any atom is 0.326 e. The maximum absolute atomic E-state index is 14.9. The van der Waals surface area contributed by atoms with Crippen LogP contribution in [0.3, 0.4) is 0 Å². The van der Waals surface area contributed by atoms with Crippen LogP contribution >= 0.6 is 0 Å². The van der Waals surface area contributed by atoms with E-state index in [2.05, 4.69) is 10.6 Å². The van der Waals surface area contributed by atoms with Crippen molar-refractivity contribution in [2.75, 3.05) is 10.6 Å². The van der Waals surface area contributed by atoms with Crippen molar-refractivity contribution in [2.24, 2.45) is 5.92 Å². The van der Waals surface area contributed by atoms with Gasteiger partial charge in [-0.15, -0.1) is 0 Å². The molecule has 1 heterocycles. The summed E-state index contributed by atoms with van der Waals surface area (Å²) in [4.78, 5) is 38.4. The molecule has 0 saturated heterocycles. The Kier molecular flexibility index (Phi) is 6.79. The molecule has 0 aliphatic carbocycles. The molecule has 186 valence electrons. The summed E-state index contributed by atoms with van der Waals surface area (Å²) in [6.07, 6.45) is 0. The molecule has 4 rings (SSSR count). The van der Waals surface area contributed by atoms with E-state index in [1.54, 1.807) is 44.2 Å². The highest BCUT2D eigenvalue weighted by molar-refractivity contribution is 6.02. The van der Waals surface area contributed by atoms with Gasteiger partial charge in [-0.3, -0.25) is 4.79 Å². The summed E-state index contributed by atoms with van der Waals surface area (Å²) >= 11 is 0. The van der Waals surface area contributed by atoms with Crippen molar-refractivity contribution in [3.63, 3.8) is 0 Å². The lowest BCUT2D eigenvalue weighted by Gasteiger charge is -2.27. The first kappa shape index (κ1) is 24.9. The monoisotopic (exact) mass is 489 g/mol. The number of nitrogens with one attached hydrogen (secondary N) is 2. The lowest BCUT2D eigenvalue weighted by Crippen LogP contribution is -2.44. The first-order valence-electron chi connectivity index (χ1n) is 11.7. The highest BCUT2D eigenvalue weighted by atomic mass is 19.1. The van der Waals surface area contributed by atoms with Crippen molar-refractivity contribution in [2.45, 2.75) is 40.3 Å². The number of carbonyl (C=O) groups excluding carboxylic acids is 2. The summed E-state index contributed by atoms with van der Waals surface area (Å²) in [5, 5.41) is 14.8. The van der Waals surface area contributed by atoms with E-state index in [1.807, 2.05) is 26.0 Å². The summed E-state index contributed by atoms with van der Waals surface area (Å²) in [5.41, 5.74) is 5.04. The topological polar surface area (TPSA) is 98.7 Å². The zero-order chi connectivity index (χ0) is 26.1. The molecule has 3 aromatic carbocycles. The lowest BCUT2D eigenvalue weighted by atomic mass is 10.00. The van der Waals surface area contributed by atoms with Gasteiger partial charge in [-0.1, -0.05) is 38.1 Å². The molecule has 8 heteroatoms. The van der Waals surface area contributed by atoms with Crippen molar-refractivity contribution in [1.82, 2.24) is 4.90 Å². The third-order valence-corrected chi connectivity index (χ3v) is 6.48. The van der Waals surface area contributed by atoms with Gasteiger partial charge in [-0.2, -0.15) is 0 Å². The van der Waals surface area contributed by atoms with Gasteiger partial charge in [-0.25, -0.2) is 14.0 Å². The van der Waals surface area contributed by atoms with Crippen LogP contribution in [-0.4, -0.2) is 34.0 Å². The van der Waals surface area contributed by atoms with E-state index in [0.29, 0.717) is 22.4 Å². The van der Waals surface area contributed by atoms with Crippen LogP contribution in [0.25, 0.3) is 11.1 Å². The van der Waals surface area contributed by atoms with Crippen LogP contribution in [0.15, 0.2) is 54.6 Å². The number of nitrogens with zero attached hydrogens (tertiary/aromatic N) is 1. The van der Waals surface area contributed by atoms with Gasteiger partial charge in [0.1, 0.15) is 11.9 Å². The Morgan fingerprint density at radius 2 is 1.64 bits per heavy atom. The SMILES string of the molecule is Cc1ccc(NC(=O)Nc2ccc(-c3ccc4c(c3)C(=O)N([C@H](C(=O)O)C(C)C)C4)cc2F)cc1C. The number of carbonyl (C=O) groups is 3. The Bertz CT molecular complexity index is 1370. The molecule has 7 nitrogen and oxygen atoms in total. The molecule has 0 saturated carbocycles. The summed E-state index contributed by atoms with van der Waals surface area (Å²) in [6, 6.07) is 13.6. The molecule has 1 aliphatic rings. The van der Waals surface area contributed by atoms with E-state index in [9.17, 15) is 23.9 Å². The van der Waals surface area contributed by atoms with Crippen LogP contribution < -0.4 is 10.6 Å². The molecule has 0 aromatic heterocycles. The number of aliphatic carboxylic acids is 1. The molecule has 3 N–H and O–H groups in total. The number of halogens is 1. The number of urea groups is 1. The number of carboxylic acid groups (broad SMARTS) is 1. The molecule has 1 atom stereocenters. The van der Waals surface area contributed by atoms with Crippen molar-refractivity contribution >= 4 is 29.3 Å². The van der Waals surface area contributed by atoms with Crippen LogP contribution in [0, 0.1) is 25.6 Å². The normalized spacial score (nSPS) is 13.5. The standard InChI is InChI=1S/C28H28FN3O4/c1-15(2)25(27(34)35)32-14-20-7-6-18(12-22(20)26(32)33)19-8-10-24(23(29)13-19)31-28(36)30-21-9-5-16(3)17(4)11-21/h5-13,15,25H,14H2,1-4H3,(H,34,35)(H2,30,31,36)/t25-/m0/s1. The highest BCUT2D eigenvalue weighted by Crippen LogP contribution is 2.32. The van der Waals surface area contributed by atoms with Crippen LogP contribution in [0.1, 0.15) is 40.9 Å². The van der Waals surface area contributed by atoms with Gasteiger partial charge in [0.2, 0.25) is 0 Å². The first-order chi connectivity index (χ1) is 17.0. The number of anilines is 2. The summed E-state index contributed by atoms with van der Waals surface area (Å²) in [5.74, 6) is -2.27. The van der Waals surface area contributed by atoms with E-state index in [1.165, 1.54) is 17.0 Å². The Hall–Kier alpha value is -4.20. The fraction of sp³-hybridized carbons (Fsp3) is 0.250. The third-order valence-electron chi connectivity index (χ3n) is 6.48. The number of amides is 3. The lowest BCUT2D eigenvalue weighted by molar-refractivity contribution is -0.144. The predicted octanol–water partition coefficient (Wildman–Crippen LogP) is 5.82. The van der Waals surface area contributed by atoms with E-state index in [4.69, 9.17) is 0 Å². The molecule has 0 unspecified atom stereocenters. The maximum atomic E-state index is 14.9. The van der Waals surface area contributed by atoms with Gasteiger partial charge in [0.05, 0.1) is 5.69 Å². The zero-order valence-electron chi connectivity index (χ0n) is 20.6. The van der Waals surface area contributed by atoms with Crippen LogP contribution in [0.2, 0.25) is 0 Å². The Balaban J connectivity index is 1.51. The second-order valence-electron chi connectivity index (χ2n) is 9.40. The minimum atomic E-state index is -1.04. The molecular formula is C28H28FN3O4. The predicted molar refractivity (Wildman–Crippen MR) is 137 cm³/mol. The average molecular weight is 490 g/mol. The molecule has 1 aliphatic heterocycles. The molecule has 0 fully saturated rings. The van der Waals surface area contributed by atoms with Crippen LogP contribution in [0.4, 0.5) is 20.6 Å². The van der Waals surface area contributed by atoms with Gasteiger partial charge in [0.25, 0.3) is 5.91 Å². The van der Waals surface area contributed by atoms with Gasteiger partial charge in [-0.05, 0) is 77.9 Å². The second-order valence-corrected chi connectivity index (χ2v) is 9.40. The average Bonchev–Trinajstić information content (AvgIpc) is 3.12. The van der Waals surface area contributed by atoms with E-state index in [-0.39, 0.29) is 24.1 Å². The number of hydrogen-bond acceptors (Lipinski definition) is 3. The fourth-order valence-corrected chi connectivity index (χ4v) is 4.41. The van der Waals surface area contributed by atoms with Gasteiger partial charge >= 0.3 is 12.0 Å². The third kappa shape index (κ3) is 4.93. The Morgan fingerprint density at radius 1 is 0.944 bits per heavy atom. The summed E-state index contributed by atoms with van der Waals surface area (Å²) < 4.78 is 14.9. The Labute approximate surface area is 208 Å². The number of carboxylic acids is 1. The first-order valence-corrected chi connectivity index (χ1v) is 11.7. The van der Waals surface area contributed by atoms with Crippen LogP contribution in [-0.2, 0) is 11.3 Å². The number of fused-ring (bicyclic) bond motifs is 1. The van der Waals surface area contributed by atoms with Gasteiger partial charge in [0.15, 0.2) is 0 Å². The molecule has 0 radical (unpaired) electrons. The van der Waals surface area contributed by atoms with E-state index in [0.717, 1.165) is 16.7 Å². The fourth-order valence-electron chi connectivity index (χ4n) is 4.41. The van der Waals surface area contributed by atoms with Crippen molar-refractivity contribution in [1.29, 1.82) is 0 Å². The molecule has 3 aromatic rings. The van der Waals surface area contributed by atoms with E-state index >= 15 is 0 Å². The number of hydrogen-bond donors (Lipinski definition) is 3. The largest absolute Gasteiger partial charge is 0.480 e. The molecule has 3 amide bonds. The van der Waals surface area contributed by atoms with Crippen molar-refractivity contribution in [3.8, 4) is 11.1 Å². The minimum Gasteiger partial charge on any atom is -0.480 e. The van der Waals surface area contributed by atoms with Gasteiger partial charge < -0.3 is 20.6 Å². The minimum absolute atomic E-state index is 0.0183. The van der Waals surface area contributed by atoms with Crippen LogP contribution in [0.5, 0.6) is 0 Å². The molecule has 0 bridgehead atoms. The summed E-state index contributed by atoms with van der Waals surface area (Å²) in [6.45, 7) is 7.66. The van der Waals surface area contributed by atoms with Crippen molar-refractivity contribution < 1.29 is 23.9 Å². The molecular weight excluding hydrogens is 461 g/mol. The smallest absolute Gasteiger partial charge is 0.326 e. The highest BCUT2D eigenvalue weighted by Gasteiger charge is 2.38. The number of rotatable bonds is 6. The Morgan fingerprint density at radius 3 is 2.28 bits per heavy atom. The summed E-state index contributed by atoms with van der Waals surface area (Å²) in [7, 11) is 0. The van der Waals surface area contributed by atoms with Gasteiger partial charge in [0, 0.05) is 17.8 Å². The van der Waals surface area contributed by atoms with Crippen molar-refractivity contribution in [3.05, 3.63) is 82.7 Å². The quantitative estimate of drug-likeness (QED) is 0.406. The second kappa shape index (κ2) is 9.81. The number of benzene rings is 3. The number of aryl methyl sites for hydroxylation is 2. The van der Waals surface area contributed by atoms with E-state index < -0.39 is 23.9 Å².